The lowest BCUT2D eigenvalue weighted by molar-refractivity contribution is -0.137. The van der Waals surface area contributed by atoms with Gasteiger partial charge in [0.15, 0.2) is 0 Å². The molecule has 0 aliphatic carbocycles. The summed E-state index contributed by atoms with van der Waals surface area (Å²) in [5.41, 5.74) is 0.678. The van der Waals surface area contributed by atoms with Crippen LogP contribution in [0.3, 0.4) is 0 Å². The molecule has 1 N–H and O–H groups in total. The zero-order valence-electron chi connectivity index (χ0n) is 16.2. The van der Waals surface area contributed by atoms with E-state index >= 15 is 0 Å². The maximum Gasteiger partial charge on any atom is 0.416 e. The second-order valence-electron chi connectivity index (χ2n) is 6.88. The summed E-state index contributed by atoms with van der Waals surface area (Å²) in [6.45, 7) is 5.95. The zero-order chi connectivity index (χ0) is 20.9. The molecule has 1 saturated heterocycles. The largest absolute Gasteiger partial charge is 0.416 e. The molecule has 2 aromatic rings. The van der Waals surface area contributed by atoms with Gasteiger partial charge in [-0.15, -0.1) is 23.1 Å². The third-order valence-corrected chi connectivity index (χ3v) is 7.37. The number of benzene rings is 1. The second-order valence-corrected chi connectivity index (χ2v) is 9.36. The predicted octanol–water partition coefficient (Wildman–Crippen LogP) is 5.27. The van der Waals surface area contributed by atoms with Crippen LogP contribution in [0.25, 0.3) is 0 Å². The number of thiophene rings is 1. The van der Waals surface area contributed by atoms with Crippen molar-refractivity contribution in [2.45, 2.75) is 23.7 Å². The fourth-order valence-electron chi connectivity index (χ4n) is 3.21. The first-order chi connectivity index (χ1) is 13.9. The molecule has 1 aromatic carbocycles. The van der Waals surface area contributed by atoms with Gasteiger partial charge in [-0.3, -0.25) is 4.90 Å². The summed E-state index contributed by atoms with van der Waals surface area (Å²) in [6, 6.07) is 9.60. The monoisotopic (exact) mass is 443 g/mol. The molecule has 0 radical (unpaired) electrons. The van der Waals surface area contributed by atoms with Crippen LogP contribution in [0.5, 0.6) is 0 Å². The van der Waals surface area contributed by atoms with Crippen LogP contribution in [0, 0.1) is 0 Å². The smallest absolute Gasteiger partial charge is 0.411 e. The second kappa shape index (κ2) is 9.86. The minimum absolute atomic E-state index is 0.591. The number of hydrogen-bond donors (Lipinski definition) is 1. The van der Waals surface area contributed by atoms with Gasteiger partial charge < -0.3 is 10.1 Å². The van der Waals surface area contributed by atoms with Gasteiger partial charge in [-0.25, -0.2) is 0 Å². The SMILES string of the molecule is C/C(=N\O)c1ccc(SCCCN2CCN(c3cccc(C(F)(F)F)c3)CC2)s1. The van der Waals surface area contributed by atoms with Crippen LogP contribution in [0.4, 0.5) is 18.9 Å². The average Bonchev–Trinajstić information content (AvgIpc) is 3.19. The lowest BCUT2D eigenvalue weighted by Crippen LogP contribution is -2.46. The Hall–Kier alpha value is -1.71. The molecule has 0 atom stereocenters. The van der Waals surface area contributed by atoms with Gasteiger partial charge in [0, 0.05) is 37.6 Å². The Morgan fingerprint density at radius 2 is 1.93 bits per heavy atom. The summed E-state index contributed by atoms with van der Waals surface area (Å²) in [5, 5.41) is 12.1. The van der Waals surface area contributed by atoms with E-state index in [1.807, 2.05) is 17.0 Å². The number of hydrogen-bond acceptors (Lipinski definition) is 6. The Morgan fingerprint density at radius 3 is 2.62 bits per heavy atom. The van der Waals surface area contributed by atoms with Crippen molar-refractivity contribution in [1.29, 1.82) is 0 Å². The standard InChI is InChI=1S/C20H24F3N3OS2/c1-15(24-27)18-6-7-19(29-18)28-13-3-8-25-9-11-26(12-10-25)17-5-2-4-16(14-17)20(21,22)23/h2,4-7,14,27H,3,8-13H2,1H3/b24-15+. The first kappa shape index (κ1) is 22.0. The van der Waals surface area contributed by atoms with Crippen molar-refractivity contribution < 1.29 is 18.4 Å². The molecule has 3 rings (SSSR count). The lowest BCUT2D eigenvalue weighted by atomic mass is 10.1. The molecule has 1 aliphatic rings. The average molecular weight is 444 g/mol. The van der Waals surface area contributed by atoms with Crippen molar-refractivity contribution in [2.75, 3.05) is 43.4 Å². The quantitative estimate of drug-likeness (QED) is 0.208. The molecule has 2 heterocycles. The van der Waals surface area contributed by atoms with E-state index in [1.54, 1.807) is 36.1 Å². The van der Waals surface area contributed by atoms with Crippen molar-refractivity contribution in [3.63, 3.8) is 0 Å². The summed E-state index contributed by atoms with van der Waals surface area (Å²) in [4.78, 5) is 5.37. The molecule has 1 aliphatic heterocycles. The number of alkyl halides is 3. The van der Waals surface area contributed by atoms with Gasteiger partial charge >= 0.3 is 6.18 Å². The van der Waals surface area contributed by atoms with E-state index in [2.05, 4.69) is 10.1 Å². The van der Waals surface area contributed by atoms with Crippen LogP contribution < -0.4 is 4.90 Å². The molecule has 4 nitrogen and oxygen atoms in total. The molecule has 0 spiro atoms. The van der Waals surface area contributed by atoms with Crippen LogP contribution in [0.15, 0.2) is 45.8 Å². The highest BCUT2D eigenvalue weighted by molar-refractivity contribution is 8.01. The van der Waals surface area contributed by atoms with Gasteiger partial charge in [0.2, 0.25) is 0 Å². The molecule has 158 valence electrons. The van der Waals surface area contributed by atoms with Crippen LogP contribution >= 0.6 is 23.1 Å². The Morgan fingerprint density at radius 1 is 1.17 bits per heavy atom. The van der Waals surface area contributed by atoms with Crippen molar-refractivity contribution >= 4 is 34.5 Å². The Labute approximate surface area is 177 Å². The maximum atomic E-state index is 12.9. The molecule has 1 aromatic heterocycles. The van der Waals surface area contributed by atoms with Crippen LogP contribution in [-0.2, 0) is 6.18 Å². The first-order valence-electron chi connectivity index (χ1n) is 9.43. The number of rotatable bonds is 7. The number of piperazine rings is 1. The normalized spacial score (nSPS) is 16.4. The third-order valence-electron chi connectivity index (χ3n) is 4.86. The van der Waals surface area contributed by atoms with Gasteiger partial charge in [0.1, 0.15) is 0 Å². The molecular weight excluding hydrogens is 419 g/mol. The number of halogens is 3. The highest BCUT2D eigenvalue weighted by atomic mass is 32.2. The van der Waals surface area contributed by atoms with Crippen LogP contribution in [0.1, 0.15) is 23.8 Å². The van der Waals surface area contributed by atoms with E-state index < -0.39 is 11.7 Å². The summed E-state index contributed by atoms with van der Waals surface area (Å²) >= 11 is 3.42. The van der Waals surface area contributed by atoms with E-state index in [9.17, 15) is 13.2 Å². The first-order valence-corrected chi connectivity index (χ1v) is 11.2. The highest BCUT2D eigenvalue weighted by Crippen LogP contribution is 2.32. The van der Waals surface area contributed by atoms with Crippen LogP contribution in [0.2, 0.25) is 0 Å². The number of oxime groups is 1. The van der Waals surface area contributed by atoms with Gasteiger partial charge in [0.25, 0.3) is 0 Å². The third kappa shape index (κ3) is 6.13. The number of anilines is 1. The molecule has 0 bridgehead atoms. The summed E-state index contributed by atoms with van der Waals surface area (Å²) < 4.78 is 39.9. The molecule has 0 unspecified atom stereocenters. The van der Waals surface area contributed by atoms with Crippen molar-refractivity contribution in [1.82, 2.24) is 4.90 Å². The Balaban J connectivity index is 1.40. The fraction of sp³-hybridized carbons (Fsp3) is 0.450. The van der Waals surface area contributed by atoms with E-state index in [4.69, 9.17) is 5.21 Å². The summed E-state index contributed by atoms with van der Waals surface area (Å²) in [7, 11) is 0. The van der Waals surface area contributed by atoms with E-state index in [-0.39, 0.29) is 0 Å². The van der Waals surface area contributed by atoms with Crippen molar-refractivity contribution in [3.05, 3.63) is 46.8 Å². The van der Waals surface area contributed by atoms with Gasteiger partial charge in [-0.1, -0.05) is 11.2 Å². The van der Waals surface area contributed by atoms with Gasteiger partial charge in [0.05, 0.1) is 20.4 Å². The molecule has 0 saturated carbocycles. The maximum absolute atomic E-state index is 12.9. The van der Waals surface area contributed by atoms with Crippen LogP contribution in [-0.4, -0.2) is 54.3 Å². The molecular formula is C20H24F3N3OS2. The Bertz CT molecular complexity index is 830. The van der Waals surface area contributed by atoms with E-state index in [0.29, 0.717) is 11.4 Å². The van der Waals surface area contributed by atoms with E-state index in [0.717, 1.165) is 55.8 Å². The summed E-state index contributed by atoms with van der Waals surface area (Å²) in [5.74, 6) is 1.00. The molecule has 0 amide bonds. The van der Waals surface area contributed by atoms with E-state index in [1.165, 1.54) is 16.3 Å². The summed E-state index contributed by atoms with van der Waals surface area (Å²) in [6.07, 6.45) is -3.25. The Kier molecular flexibility index (Phi) is 7.48. The van der Waals surface area contributed by atoms with Gasteiger partial charge in [-0.05, 0) is 50.2 Å². The molecule has 9 heteroatoms. The minimum atomic E-state index is -4.30. The number of thioether (sulfide) groups is 1. The molecule has 1 fully saturated rings. The number of nitrogens with zero attached hydrogens (tertiary/aromatic N) is 3. The zero-order valence-corrected chi connectivity index (χ0v) is 17.8. The highest BCUT2D eigenvalue weighted by Gasteiger charge is 2.31. The molecule has 29 heavy (non-hydrogen) atoms. The van der Waals surface area contributed by atoms with Crippen molar-refractivity contribution in [3.8, 4) is 0 Å². The topological polar surface area (TPSA) is 39.1 Å². The van der Waals surface area contributed by atoms with Crippen molar-refractivity contribution in [2.24, 2.45) is 5.16 Å². The predicted molar refractivity (Wildman–Crippen MR) is 114 cm³/mol. The van der Waals surface area contributed by atoms with Gasteiger partial charge in [-0.2, -0.15) is 13.2 Å². The fourth-order valence-corrected chi connectivity index (χ4v) is 5.28. The minimum Gasteiger partial charge on any atom is -0.411 e. The lowest BCUT2D eigenvalue weighted by Gasteiger charge is -2.36.